The van der Waals surface area contributed by atoms with E-state index in [1.165, 1.54) is 12.8 Å². The predicted molar refractivity (Wildman–Crippen MR) is 48.4 cm³/mol. The molecule has 0 aliphatic carbocycles. The van der Waals surface area contributed by atoms with Crippen LogP contribution in [0, 0.1) is 5.92 Å². The largest absolute Gasteiger partial charge is 0.381 e. The Morgan fingerprint density at radius 1 is 1.36 bits per heavy atom. The van der Waals surface area contributed by atoms with Crippen LogP contribution >= 0.6 is 0 Å². The average molecular weight is 159 g/mol. The van der Waals surface area contributed by atoms with Crippen LogP contribution in [-0.2, 0) is 0 Å². The third-order valence-electron chi connectivity index (χ3n) is 1.65. The van der Waals surface area contributed by atoms with E-state index in [1.54, 1.807) is 0 Å². The van der Waals surface area contributed by atoms with Crippen molar-refractivity contribution in [3.63, 3.8) is 0 Å². The Hall–Kier alpha value is -0.0800. The smallest absolute Gasteiger partial charge is 0.0956 e. The van der Waals surface area contributed by atoms with Crippen molar-refractivity contribution in [3.8, 4) is 0 Å². The van der Waals surface area contributed by atoms with Crippen molar-refractivity contribution in [2.75, 3.05) is 19.8 Å². The van der Waals surface area contributed by atoms with E-state index in [-0.39, 0.29) is 6.73 Å². The van der Waals surface area contributed by atoms with Crippen LogP contribution in [0.4, 0.5) is 0 Å². The molecule has 0 aromatic rings. The van der Waals surface area contributed by atoms with Gasteiger partial charge in [-0.3, -0.25) is 4.90 Å². The zero-order valence-electron chi connectivity index (χ0n) is 8.01. The molecule has 2 heteroatoms. The molecule has 0 radical (unpaired) electrons. The quantitative estimate of drug-likeness (QED) is 0.596. The van der Waals surface area contributed by atoms with Gasteiger partial charge in [-0.15, -0.1) is 0 Å². The molecule has 0 heterocycles. The van der Waals surface area contributed by atoms with Crippen LogP contribution < -0.4 is 0 Å². The first kappa shape index (κ1) is 10.9. The van der Waals surface area contributed by atoms with Crippen molar-refractivity contribution in [2.24, 2.45) is 5.92 Å². The van der Waals surface area contributed by atoms with Gasteiger partial charge in [0.25, 0.3) is 0 Å². The fraction of sp³-hybridized carbons (Fsp3) is 1.00. The second kappa shape index (κ2) is 6.62. The Morgan fingerprint density at radius 2 is 2.00 bits per heavy atom. The summed E-state index contributed by atoms with van der Waals surface area (Å²) < 4.78 is 0. The summed E-state index contributed by atoms with van der Waals surface area (Å²) in [7, 11) is 0. The number of unbranched alkanes of at least 4 members (excludes halogenated alkanes) is 1. The lowest BCUT2D eigenvalue weighted by molar-refractivity contribution is 0.0947. The molecule has 0 aliphatic heterocycles. The van der Waals surface area contributed by atoms with Crippen molar-refractivity contribution in [3.05, 3.63) is 0 Å². The molecule has 0 spiro atoms. The Kier molecular flexibility index (Phi) is 6.57. The van der Waals surface area contributed by atoms with E-state index < -0.39 is 0 Å². The summed E-state index contributed by atoms with van der Waals surface area (Å²) >= 11 is 0. The number of aliphatic hydroxyl groups excluding tert-OH is 1. The molecule has 2 nitrogen and oxygen atoms in total. The summed E-state index contributed by atoms with van der Waals surface area (Å²) in [4.78, 5) is 2.09. The first-order valence-electron chi connectivity index (χ1n) is 4.53. The highest BCUT2D eigenvalue weighted by atomic mass is 16.3. The van der Waals surface area contributed by atoms with Crippen LogP contribution in [0.3, 0.4) is 0 Å². The van der Waals surface area contributed by atoms with Crippen molar-refractivity contribution < 1.29 is 5.11 Å². The molecule has 0 rings (SSSR count). The first-order valence-corrected chi connectivity index (χ1v) is 4.53. The van der Waals surface area contributed by atoms with Gasteiger partial charge < -0.3 is 5.11 Å². The molecule has 0 aromatic carbocycles. The normalized spacial score (nSPS) is 11.5. The Bertz CT molecular complexity index is 83.6. The zero-order chi connectivity index (χ0) is 8.69. The lowest BCUT2D eigenvalue weighted by Crippen LogP contribution is -2.29. The van der Waals surface area contributed by atoms with Crippen molar-refractivity contribution in [1.82, 2.24) is 4.90 Å². The minimum absolute atomic E-state index is 0.207. The summed E-state index contributed by atoms with van der Waals surface area (Å²) in [6.45, 7) is 8.77. The van der Waals surface area contributed by atoms with E-state index in [9.17, 15) is 0 Å². The number of aliphatic hydroxyl groups is 1. The van der Waals surface area contributed by atoms with E-state index >= 15 is 0 Å². The number of hydrogen-bond donors (Lipinski definition) is 1. The molecule has 11 heavy (non-hydrogen) atoms. The summed E-state index contributed by atoms with van der Waals surface area (Å²) in [6.07, 6.45) is 2.39. The Balaban J connectivity index is 3.41. The lowest BCUT2D eigenvalue weighted by atomic mass is 10.2. The van der Waals surface area contributed by atoms with Crippen molar-refractivity contribution >= 4 is 0 Å². The van der Waals surface area contributed by atoms with Gasteiger partial charge in [0.1, 0.15) is 0 Å². The maximum Gasteiger partial charge on any atom is 0.0956 e. The number of rotatable bonds is 6. The summed E-state index contributed by atoms with van der Waals surface area (Å²) in [5, 5.41) is 8.93. The van der Waals surface area contributed by atoms with Gasteiger partial charge in [0.05, 0.1) is 6.73 Å². The third-order valence-corrected chi connectivity index (χ3v) is 1.65. The number of nitrogens with zero attached hydrogens (tertiary/aromatic N) is 1. The molecule has 0 atom stereocenters. The monoisotopic (exact) mass is 159 g/mol. The molecule has 1 N–H and O–H groups in total. The molecule has 0 aromatic heterocycles. The summed E-state index contributed by atoms with van der Waals surface area (Å²) in [5.74, 6) is 0.652. The molecular weight excluding hydrogens is 138 g/mol. The van der Waals surface area contributed by atoms with E-state index in [1.807, 2.05) is 0 Å². The maximum atomic E-state index is 8.93. The van der Waals surface area contributed by atoms with Gasteiger partial charge in [-0.05, 0) is 12.3 Å². The highest BCUT2D eigenvalue weighted by Crippen LogP contribution is 1.99. The molecule has 0 bridgehead atoms. The molecule has 0 unspecified atom stereocenters. The molecular formula is C9H21NO. The van der Waals surface area contributed by atoms with Gasteiger partial charge in [0.2, 0.25) is 0 Å². The van der Waals surface area contributed by atoms with E-state index in [0.717, 1.165) is 13.1 Å². The van der Waals surface area contributed by atoms with Crippen LogP contribution in [0.5, 0.6) is 0 Å². The second-order valence-electron chi connectivity index (χ2n) is 3.47. The maximum absolute atomic E-state index is 8.93. The minimum atomic E-state index is 0.207. The van der Waals surface area contributed by atoms with E-state index in [2.05, 4.69) is 25.7 Å². The molecule has 68 valence electrons. The summed E-state index contributed by atoms with van der Waals surface area (Å²) in [5.41, 5.74) is 0. The zero-order valence-corrected chi connectivity index (χ0v) is 8.01. The van der Waals surface area contributed by atoms with E-state index in [4.69, 9.17) is 5.11 Å². The summed E-state index contributed by atoms with van der Waals surface area (Å²) in [6, 6.07) is 0. The first-order chi connectivity index (χ1) is 5.20. The Labute approximate surface area is 70.2 Å². The molecule has 0 aliphatic rings. The SMILES string of the molecule is CCCCN(CO)CC(C)C. The molecule has 0 amide bonds. The van der Waals surface area contributed by atoms with Crippen molar-refractivity contribution in [1.29, 1.82) is 0 Å². The molecule has 0 fully saturated rings. The van der Waals surface area contributed by atoms with Crippen LogP contribution in [0.2, 0.25) is 0 Å². The van der Waals surface area contributed by atoms with Crippen LogP contribution in [0.25, 0.3) is 0 Å². The Morgan fingerprint density at radius 3 is 2.36 bits per heavy atom. The van der Waals surface area contributed by atoms with Gasteiger partial charge >= 0.3 is 0 Å². The second-order valence-corrected chi connectivity index (χ2v) is 3.47. The van der Waals surface area contributed by atoms with Crippen LogP contribution in [0.1, 0.15) is 33.6 Å². The molecule has 0 saturated carbocycles. The van der Waals surface area contributed by atoms with E-state index in [0.29, 0.717) is 5.92 Å². The van der Waals surface area contributed by atoms with Gasteiger partial charge in [-0.1, -0.05) is 27.2 Å². The average Bonchev–Trinajstić information content (AvgIpc) is 1.97. The third kappa shape index (κ3) is 6.32. The van der Waals surface area contributed by atoms with Crippen LogP contribution in [0.15, 0.2) is 0 Å². The lowest BCUT2D eigenvalue weighted by Gasteiger charge is -2.20. The highest BCUT2D eigenvalue weighted by molar-refractivity contribution is 4.55. The standard InChI is InChI=1S/C9H21NO/c1-4-5-6-10(8-11)7-9(2)3/h9,11H,4-8H2,1-3H3. The highest BCUT2D eigenvalue weighted by Gasteiger charge is 2.03. The number of hydrogen-bond acceptors (Lipinski definition) is 2. The topological polar surface area (TPSA) is 23.5 Å². The minimum Gasteiger partial charge on any atom is -0.381 e. The van der Waals surface area contributed by atoms with Crippen LogP contribution in [-0.4, -0.2) is 29.8 Å². The fourth-order valence-corrected chi connectivity index (χ4v) is 1.12. The van der Waals surface area contributed by atoms with Crippen molar-refractivity contribution in [2.45, 2.75) is 33.6 Å². The van der Waals surface area contributed by atoms with Gasteiger partial charge in [-0.25, -0.2) is 0 Å². The fourth-order valence-electron chi connectivity index (χ4n) is 1.12. The van der Waals surface area contributed by atoms with Gasteiger partial charge in [0.15, 0.2) is 0 Å². The van der Waals surface area contributed by atoms with Gasteiger partial charge in [-0.2, -0.15) is 0 Å². The predicted octanol–water partition coefficient (Wildman–Crippen LogP) is 1.69. The molecule has 0 saturated heterocycles. The van der Waals surface area contributed by atoms with Gasteiger partial charge in [0, 0.05) is 13.1 Å².